The lowest BCUT2D eigenvalue weighted by Crippen LogP contribution is -2.55. The van der Waals surface area contributed by atoms with Crippen LogP contribution in [0, 0.1) is 0 Å². The minimum atomic E-state index is -1.12. The van der Waals surface area contributed by atoms with Crippen molar-refractivity contribution in [3.63, 3.8) is 0 Å². The van der Waals surface area contributed by atoms with Gasteiger partial charge in [0, 0.05) is 6.92 Å². The van der Waals surface area contributed by atoms with Crippen molar-refractivity contribution in [3.8, 4) is 0 Å². The number of ether oxygens (including phenoxy) is 5. The van der Waals surface area contributed by atoms with Crippen molar-refractivity contribution in [3.05, 3.63) is 71.8 Å². The van der Waals surface area contributed by atoms with Gasteiger partial charge in [0.2, 0.25) is 0 Å². The molecule has 0 spiro atoms. The fourth-order valence-corrected chi connectivity index (χ4v) is 4.15. The lowest BCUT2D eigenvalue weighted by molar-refractivity contribution is -0.162. The van der Waals surface area contributed by atoms with Crippen LogP contribution in [0.4, 0.5) is 0 Å². The maximum Gasteiger partial charge on any atom is 0.338 e. The van der Waals surface area contributed by atoms with Crippen LogP contribution in [0.1, 0.15) is 27.6 Å². The zero-order valence-electron chi connectivity index (χ0n) is 16.6. The van der Waals surface area contributed by atoms with E-state index in [0.717, 1.165) is 0 Å². The third-order valence-electron chi connectivity index (χ3n) is 5.72. The van der Waals surface area contributed by atoms with Gasteiger partial charge < -0.3 is 23.7 Å². The number of hydrogen-bond acceptors (Lipinski definition) is 8. The van der Waals surface area contributed by atoms with Crippen molar-refractivity contribution < 1.29 is 38.1 Å². The van der Waals surface area contributed by atoms with Crippen LogP contribution < -0.4 is 0 Å². The van der Waals surface area contributed by atoms with Gasteiger partial charge in [-0.25, -0.2) is 9.59 Å². The Hall–Kier alpha value is -3.23. The van der Waals surface area contributed by atoms with Gasteiger partial charge in [-0.05, 0) is 24.3 Å². The van der Waals surface area contributed by atoms with E-state index in [1.807, 2.05) is 0 Å². The van der Waals surface area contributed by atoms with Gasteiger partial charge in [0.05, 0.1) is 11.1 Å². The minimum Gasteiger partial charge on any atom is -0.459 e. The molecule has 1 saturated carbocycles. The number of esters is 3. The van der Waals surface area contributed by atoms with E-state index in [9.17, 15) is 14.4 Å². The molecule has 0 aromatic heterocycles. The quantitative estimate of drug-likeness (QED) is 0.394. The van der Waals surface area contributed by atoms with Crippen molar-refractivity contribution in [2.24, 2.45) is 0 Å². The smallest absolute Gasteiger partial charge is 0.338 e. The van der Waals surface area contributed by atoms with Crippen LogP contribution in [0.2, 0.25) is 0 Å². The highest BCUT2D eigenvalue weighted by atomic mass is 16.7. The Morgan fingerprint density at radius 1 is 0.871 bits per heavy atom. The summed E-state index contributed by atoms with van der Waals surface area (Å²) >= 11 is 0. The zero-order chi connectivity index (χ0) is 21.6. The van der Waals surface area contributed by atoms with Gasteiger partial charge in [-0.3, -0.25) is 4.79 Å². The maximum absolute atomic E-state index is 12.6. The summed E-state index contributed by atoms with van der Waals surface area (Å²) in [6.07, 6.45) is -3.00. The molecule has 0 bridgehead atoms. The monoisotopic (exact) mass is 424 g/mol. The average Bonchev–Trinajstić information content (AvgIpc) is 3.69. The number of epoxide rings is 2. The van der Waals surface area contributed by atoms with Crippen molar-refractivity contribution in [2.45, 2.75) is 43.0 Å². The normalized spacial score (nSPS) is 32.1. The Morgan fingerprint density at radius 3 is 2.10 bits per heavy atom. The average molecular weight is 424 g/mol. The summed E-state index contributed by atoms with van der Waals surface area (Å²) in [6, 6.07) is 17.0. The van der Waals surface area contributed by atoms with Gasteiger partial charge in [0.25, 0.3) is 0 Å². The van der Waals surface area contributed by atoms with Crippen LogP contribution in [0.15, 0.2) is 60.7 Å². The third-order valence-corrected chi connectivity index (χ3v) is 5.72. The van der Waals surface area contributed by atoms with Crippen LogP contribution in [-0.2, 0) is 28.5 Å². The van der Waals surface area contributed by atoms with E-state index in [-0.39, 0.29) is 12.7 Å². The predicted molar refractivity (Wildman–Crippen MR) is 104 cm³/mol. The molecule has 31 heavy (non-hydrogen) atoms. The first kappa shape index (κ1) is 19.7. The topological polar surface area (TPSA) is 104 Å². The van der Waals surface area contributed by atoms with Gasteiger partial charge in [-0.2, -0.15) is 0 Å². The van der Waals surface area contributed by atoms with E-state index in [0.29, 0.717) is 11.1 Å². The molecule has 3 fully saturated rings. The first-order valence-corrected chi connectivity index (χ1v) is 9.98. The number of hydrogen-bond donors (Lipinski definition) is 0. The molecule has 160 valence electrons. The second-order valence-electron chi connectivity index (χ2n) is 7.77. The second kappa shape index (κ2) is 7.47. The highest BCUT2D eigenvalue weighted by Gasteiger charge is 2.81. The molecule has 2 heterocycles. The van der Waals surface area contributed by atoms with Gasteiger partial charge >= 0.3 is 17.9 Å². The Labute approximate surface area is 178 Å². The Kier molecular flexibility index (Phi) is 4.75. The van der Waals surface area contributed by atoms with E-state index in [4.69, 9.17) is 23.7 Å². The van der Waals surface area contributed by atoms with E-state index in [1.165, 1.54) is 6.92 Å². The van der Waals surface area contributed by atoms with Gasteiger partial charge in [-0.15, -0.1) is 0 Å². The van der Waals surface area contributed by atoms with Gasteiger partial charge in [-0.1, -0.05) is 36.4 Å². The van der Waals surface area contributed by atoms with E-state index >= 15 is 0 Å². The largest absolute Gasteiger partial charge is 0.459 e. The minimum absolute atomic E-state index is 0.157. The molecule has 2 aromatic carbocycles. The highest BCUT2D eigenvalue weighted by Crippen LogP contribution is 2.57. The maximum atomic E-state index is 12.6. The molecule has 3 aliphatic rings. The lowest BCUT2D eigenvalue weighted by atomic mass is 9.84. The zero-order valence-corrected chi connectivity index (χ0v) is 16.6. The van der Waals surface area contributed by atoms with Crippen LogP contribution >= 0.6 is 0 Å². The predicted octanol–water partition coefficient (Wildman–Crippen LogP) is 1.92. The summed E-state index contributed by atoms with van der Waals surface area (Å²) in [5.41, 5.74) is -0.358. The molecule has 0 N–H and O–H groups in total. The molecule has 2 aromatic rings. The Bertz CT molecular complexity index is 1010. The van der Waals surface area contributed by atoms with Gasteiger partial charge in [0.15, 0.2) is 17.8 Å². The summed E-state index contributed by atoms with van der Waals surface area (Å²) in [5, 5.41) is 0. The van der Waals surface area contributed by atoms with Crippen molar-refractivity contribution in [1.29, 1.82) is 0 Å². The molecular formula is C23H20O8. The first-order chi connectivity index (χ1) is 15.0. The Morgan fingerprint density at radius 2 is 1.48 bits per heavy atom. The molecule has 8 heteroatoms. The third kappa shape index (κ3) is 3.58. The van der Waals surface area contributed by atoms with Crippen LogP contribution in [0.3, 0.4) is 0 Å². The van der Waals surface area contributed by atoms with Crippen molar-refractivity contribution >= 4 is 17.9 Å². The fourth-order valence-electron chi connectivity index (χ4n) is 4.15. The number of carbonyl (C=O) groups is 3. The summed E-state index contributed by atoms with van der Waals surface area (Å²) in [4.78, 5) is 36.9. The van der Waals surface area contributed by atoms with Crippen molar-refractivity contribution in [1.82, 2.24) is 0 Å². The summed E-state index contributed by atoms with van der Waals surface area (Å²) in [6.45, 7) is 1.10. The molecule has 0 amide bonds. The molecule has 0 radical (unpaired) electrons. The van der Waals surface area contributed by atoms with E-state index < -0.39 is 47.9 Å². The fraction of sp³-hybridized carbons (Fsp3) is 0.348. The van der Waals surface area contributed by atoms with Crippen LogP contribution in [0.5, 0.6) is 0 Å². The highest BCUT2D eigenvalue weighted by molar-refractivity contribution is 5.90. The second-order valence-corrected chi connectivity index (χ2v) is 7.77. The van der Waals surface area contributed by atoms with Crippen LogP contribution in [0.25, 0.3) is 0 Å². The standard InChI is InChI=1S/C23H20O8/c1-13(24)28-19-17(30-22(26)15-10-6-3-7-11-15)16-18(29-16)20-23(19,31-20)12-27-21(25)14-8-4-2-5-9-14/h2-11,16-20H,12H2,1H3. The number of rotatable bonds is 6. The Balaban J connectivity index is 1.35. The first-order valence-electron chi connectivity index (χ1n) is 9.98. The van der Waals surface area contributed by atoms with Gasteiger partial charge in [0.1, 0.15) is 24.9 Å². The molecule has 2 saturated heterocycles. The number of carbonyl (C=O) groups excluding carboxylic acids is 3. The van der Waals surface area contributed by atoms with Crippen LogP contribution in [-0.4, -0.2) is 60.6 Å². The molecule has 5 rings (SSSR count). The molecule has 2 aliphatic heterocycles. The van der Waals surface area contributed by atoms with E-state index in [1.54, 1.807) is 60.7 Å². The summed E-state index contributed by atoms with van der Waals surface area (Å²) in [7, 11) is 0. The summed E-state index contributed by atoms with van der Waals surface area (Å²) < 4.78 is 28.2. The van der Waals surface area contributed by atoms with E-state index in [2.05, 4.69) is 0 Å². The van der Waals surface area contributed by atoms with Crippen molar-refractivity contribution in [2.75, 3.05) is 6.61 Å². The SMILES string of the molecule is CC(=O)OC1C(OC(=O)c2ccccc2)C2OC2C2OC12COC(=O)c1ccccc1. The summed E-state index contributed by atoms with van der Waals surface area (Å²) in [5.74, 6) is -1.65. The molecular weight excluding hydrogens is 404 g/mol. The molecule has 8 nitrogen and oxygen atoms in total. The number of benzene rings is 2. The molecule has 1 aliphatic carbocycles. The lowest BCUT2D eigenvalue weighted by Gasteiger charge is -2.32. The number of fused-ring (bicyclic) bond motifs is 3. The molecule has 6 unspecified atom stereocenters. The molecule has 6 atom stereocenters.